The van der Waals surface area contributed by atoms with Gasteiger partial charge in [-0.05, 0) is 31.2 Å². The van der Waals surface area contributed by atoms with Gasteiger partial charge in [0.2, 0.25) is 0 Å². The van der Waals surface area contributed by atoms with Crippen molar-refractivity contribution in [1.82, 2.24) is 9.55 Å². The van der Waals surface area contributed by atoms with E-state index < -0.39 is 17.9 Å². The summed E-state index contributed by atoms with van der Waals surface area (Å²) in [6.07, 6.45) is 1.58. The first-order valence-corrected chi connectivity index (χ1v) is 9.72. The molecule has 0 aliphatic carbocycles. The second-order valence-electron chi connectivity index (χ2n) is 6.33. The highest BCUT2D eigenvalue weighted by Crippen LogP contribution is 2.33. The number of H-pyrrole nitrogens is 1. The van der Waals surface area contributed by atoms with Crippen molar-refractivity contribution in [2.24, 2.45) is 0 Å². The lowest BCUT2D eigenvalue weighted by atomic mass is 10.1. The fourth-order valence-electron chi connectivity index (χ4n) is 2.95. The molecule has 0 unspecified atom stereocenters. The molecule has 0 saturated heterocycles. The average Bonchev–Trinajstić information content (AvgIpc) is 3.29. The van der Waals surface area contributed by atoms with Crippen LogP contribution in [0.4, 0.5) is 5.00 Å². The van der Waals surface area contributed by atoms with Crippen LogP contribution in [0.3, 0.4) is 0 Å². The number of aromatic amines is 1. The predicted molar refractivity (Wildman–Crippen MR) is 112 cm³/mol. The van der Waals surface area contributed by atoms with Crippen LogP contribution in [0.25, 0.3) is 5.69 Å². The SMILES string of the molecule is COC(=O)c1sc(N)c(C(=O)OC)c1COC(=O)c1ccc(-n2c(C)c[nH]c2=O)cc1. The minimum absolute atomic E-state index is 0.0432. The molecular formula is C20H19N3O7S. The number of thiophene rings is 1. The molecule has 0 bridgehead atoms. The molecule has 1 aromatic carbocycles. The summed E-state index contributed by atoms with van der Waals surface area (Å²) in [5, 5.41) is 0.0509. The van der Waals surface area contributed by atoms with Gasteiger partial charge in [-0.3, -0.25) is 4.57 Å². The zero-order valence-corrected chi connectivity index (χ0v) is 17.7. The lowest BCUT2D eigenvalue weighted by Crippen LogP contribution is -2.16. The molecule has 0 amide bonds. The molecule has 162 valence electrons. The van der Waals surface area contributed by atoms with Gasteiger partial charge in [0, 0.05) is 17.5 Å². The maximum atomic E-state index is 12.5. The van der Waals surface area contributed by atoms with Crippen LogP contribution in [-0.2, 0) is 20.8 Å². The monoisotopic (exact) mass is 445 g/mol. The van der Waals surface area contributed by atoms with Gasteiger partial charge in [0.15, 0.2) is 0 Å². The highest BCUT2D eigenvalue weighted by Gasteiger charge is 2.28. The molecule has 0 spiro atoms. The van der Waals surface area contributed by atoms with Crippen molar-refractivity contribution in [3.63, 3.8) is 0 Å². The van der Waals surface area contributed by atoms with E-state index in [1.54, 1.807) is 25.3 Å². The Bertz CT molecular complexity index is 1200. The molecule has 11 heteroatoms. The number of anilines is 1. The number of nitrogens with one attached hydrogen (secondary N) is 1. The fourth-order valence-corrected chi connectivity index (χ4v) is 3.93. The molecule has 0 aliphatic heterocycles. The Morgan fingerprint density at radius 1 is 1.06 bits per heavy atom. The number of aromatic nitrogens is 2. The maximum Gasteiger partial charge on any atom is 0.348 e. The summed E-state index contributed by atoms with van der Waals surface area (Å²) in [5.74, 6) is -2.16. The Hall–Kier alpha value is -3.86. The Labute approximate surface area is 180 Å². The van der Waals surface area contributed by atoms with Crippen LogP contribution in [0.1, 0.15) is 41.6 Å². The number of ether oxygens (including phenoxy) is 3. The van der Waals surface area contributed by atoms with Gasteiger partial charge in [-0.1, -0.05) is 0 Å². The first-order valence-electron chi connectivity index (χ1n) is 8.90. The minimum atomic E-state index is -0.758. The summed E-state index contributed by atoms with van der Waals surface area (Å²) in [4.78, 5) is 51.1. The van der Waals surface area contributed by atoms with Gasteiger partial charge < -0.3 is 24.9 Å². The Morgan fingerprint density at radius 2 is 1.71 bits per heavy atom. The molecule has 2 aromatic heterocycles. The number of carbonyl (C=O) groups is 3. The van der Waals surface area contributed by atoms with Crippen LogP contribution in [-0.4, -0.2) is 41.7 Å². The van der Waals surface area contributed by atoms with Gasteiger partial charge in [-0.2, -0.15) is 0 Å². The van der Waals surface area contributed by atoms with Gasteiger partial charge in [0.05, 0.1) is 25.5 Å². The third-order valence-electron chi connectivity index (χ3n) is 4.46. The van der Waals surface area contributed by atoms with Crippen molar-refractivity contribution in [2.45, 2.75) is 13.5 Å². The van der Waals surface area contributed by atoms with Crippen molar-refractivity contribution in [1.29, 1.82) is 0 Å². The van der Waals surface area contributed by atoms with Crippen LogP contribution in [0.15, 0.2) is 35.3 Å². The van der Waals surface area contributed by atoms with Gasteiger partial charge in [0.25, 0.3) is 0 Å². The third-order valence-corrected chi connectivity index (χ3v) is 5.50. The molecule has 0 fully saturated rings. The van der Waals surface area contributed by atoms with Gasteiger partial charge in [-0.15, -0.1) is 11.3 Å². The normalized spacial score (nSPS) is 10.5. The second-order valence-corrected chi connectivity index (χ2v) is 7.38. The lowest BCUT2D eigenvalue weighted by Gasteiger charge is -2.09. The summed E-state index contributed by atoms with van der Waals surface area (Å²) in [6, 6.07) is 6.20. The van der Waals surface area contributed by atoms with Gasteiger partial charge >= 0.3 is 23.6 Å². The number of benzene rings is 1. The first kappa shape index (κ1) is 21.8. The van der Waals surface area contributed by atoms with Crippen LogP contribution in [0.5, 0.6) is 0 Å². The summed E-state index contributed by atoms with van der Waals surface area (Å²) < 4.78 is 16.2. The maximum absolute atomic E-state index is 12.5. The number of hydrogen-bond acceptors (Lipinski definition) is 9. The number of imidazole rings is 1. The minimum Gasteiger partial charge on any atom is -0.465 e. The Balaban J connectivity index is 1.83. The summed E-state index contributed by atoms with van der Waals surface area (Å²) >= 11 is 0.844. The number of nitrogen functional groups attached to an aromatic ring is 1. The van der Waals surface area contributed by atoms with E-state index in [4.69, 9.17) is 19.9 Å². The number of nitrogens with two attached hydrogens (primary N) is 1. The van der Waals surface area contributed by atoms with Crippen molar-refractivity contribution in [3.05, 3.63) is 68.2 Å². The summed E-state index contributed by atoms with van der Waals surface area (Å²) in [7, 11) is 2.36. The quantitative estimate of drug-likeness (QED) is 0.433. The van der Waals surface area contributed by atoms with Gasteiger partial charge in [0.1, 0.15) is 22.0 Å². The zero-order valence-electron chi connectivity index (χ0n) is 16.9. The number of hydrogen-bond donors (Lipinski definition) is 2. The molecule has 31 heavy (non-hydrogen) atoms. The summed E-state index contributed by atoms with van der Waals surface area (Å²) in [5.41, 5.74) is 7.13. The number of esters is 3. The fraction of sp³-hybridized carbons (Fsp3) is 0.200. The second kappa shape index (κ2) is 8.88. The van der Waals surface area contributed by atoms with E-state index in [2.05, 4.69) is 4.98 Å². The van der Waals surface area contributed by atoms with Crippen molar-refractivity contribution in [3.8, 4) is 5.69 Å². The predicted octanol–water partition coefficient (Wildman–Crippen LogP) is 2.05. The van der Waals surface area contributed by atoms with Crippen molar-refractivity contribution in [2.75, 3.05) is 20.0 Å². The molecule has 0 atom stereocenters. The van der Waals surface area contributed by atoms with E-state index in [0.717, 1.165) is 11.3 Å². The van der Waals surface area contributed by atoms with Crippen LogP contribution >= 0.6 is 11.3 Å². The zero-order chi connectivity index (χ0) is 22.7. The molecule has 0 saturated carbocycles. The number of methoxy groups -OCH3 is 2. The van der Waals surface area contributed by atoms with Gasteiger partial charge in [-0.25, -0.2) is 19.2 Å². The molecule has 3 aromatic rings. The topological polar surface area (TPSA) is 143 Å². The number of carbonyl (C=O) groups excluding carboxylic acids is 3. The van der Waals surface area contributed by atoms with E-state index in [1.165, 1.54) is 30.9 Å². The third kappa shape index (κ3) is 4.21. The first-order chi connectivity index (χ1) is 14.8. The van der Waals surface area contributed by atoms with E-state index in [9.17, 15) is 19.2 Å². The summed E-state index contributed by atoms with van der Waals surface area (Å²) in [6.45, 7) is 1.38. The smallest absolute Gasteiger partial charge is 0.348 e. The molecule has 0 radical (unpaired) electrons. The highest BCUT2D eigenvalue weighted by molar-refractivity contribution is 7.18. The van der Waals surface area contributed by atoms with E-state index in [-0.39, 0.29) is 38.9 Å². The molecule has 2 heterocycles. The average molecular weight is 445 g/mol. The molecule has 10 nitrogen and oxygen atoms in total. The molecular weight excluding hydrogens is 426 g/mol. The van der Waals surface area contributed by atoms with Crippen LogP contribution in [0.2, 0.25) is 0 Å². The Morgan fingerprint density at radius 3 is 2.26 bits per heavy atom. The number of nitrogens with zero attached hydrogens (tertiary/aromatic N) is 1. The largest absolute Gasteiger partial charge is 0.465 e. The van der Waals surface area contributed by atoms with Crippen molar-refractivity contribution < 1.29 is 28.6 Å². The van der Waals surface area contributed by atoms with E-state index in [1.807, 2.05) is 0 Å². The molecule has 0 aliphatic rings. The highest BCUT2D eigenvalue weighted by atomic mass is 32.1. The number of rotatable bonds is 6. The standard InChI is InChI=1S/C20H19N3O7S/c1-10-8-22-20(27)23(10)12-6-4-11(5-7-12)17(24)30-9-13-14(18(25)28-2)16(21)31-15(13)19(26)29-3/h4-8H,9,21H2,1-3H3,(H,22,27). The molecule has 3 rings (SSSR count). The van der Waals surface area contributed by atoms with Crippen molar-refractivity contribution >= 4 is 34.2 Å². The van der Waals surface area contributed by atoms with E-state index >= 15 is 0 Å². The van der Waals surface area contributed by atoms with Crippen LogP contribution in [0, 0.1) is 6.92 Å². The lowest BCUT2D eigenvalue weighted by molar-refractivity contribution is 0.0452. The number of aryl methyl sites for hydroxylation is 1. The Kier molecular flexibility index (Phi) is 6.25. The van der Waals surface area contributed by atoms with Crippen LogP contribution < -0.4 is 11.4 Å². The van der Waals surface area contributed by atoms with E-state index in [0.29, 0.717) is 11.4 Å². The molecule has 3 N–H and O–H groups in total.